The lowest BCUT2D eigenvalue weighted by atomic mass is 10.3. The summed E-state index contributed by atoms with van der Waals surface area (Å²) in [5.41, 5.74) is 6.95. The van der Waals surface area contributed by atoms with E-state index >= 15 is 0 Å². The number of benzene rings is 1. The molecular formula is C13H22ClN3. The summed E-state index contributed by atoms with van der Waals surface area (Å²) in [4.78, 5) is 4.93. The van der Waals surface area contributed by atoms with E-state index in [0.29, 0.717) is 0 Å². The molecule has 0 radical (unpaired) electrons. The Morgan fingerprint density at radius 3 is 2.47 bits per heavy atom. The second-order valence-electron chi connectivity index (χ2n) is 4.31. The van der Waals surface area contributed by atoms with Gasteiger partial charge in [0.1, 0.15) is 0 Å². The molecule has 2 rings (SSSR count). The van der Waals surface area contributed by atoms with E-state index < -0.39 is 0 Å². The summed E-state index contributed by atoms with van der Waals surface area (Å²) in [5, 5.41) is 0. The summed E-state index contributed by atoms with van der Waals surface area (Å²) in [7, 11) is 0. The minimum absolute atomic E-state index is 0. The minimum Gasteiger partial charge on any atom is -0.370 e. The molecule has 1 aromatic carbocycles. The van der Waals surface area contributed by atoms with Crippen LogP contribution < -0.4 is 10.6 Å². The third-order valence-corrected chi connectivity index (χ3v) is 3.16. The van der Waals surface area contributed by atoms with Crippen molar-refractivity contribution in [2.24, 2.45) is 5.73 Å². The maximum Gasteiger partial charge on any atom is 0.0366 e. The molecule has 1 fully saturated rings. The van der Waals surface area contributed by atoms with Gasteiger partial charge in [-0.1, -0.05) is 18.2 Å². The highest BCUT2D eigenvalue weighted by atomic mass is 35.5. The van der Waals surface area contributed by atoms with Crippen LogP contribution in [0.5, 0.6) is 0 Å². The van der Waals surface area contributed by atoms with Crippen LogP contribution in [0.4, 0.5) is 5.69 Å². The van der Waals surface area contributed by atoms with Crippen molar-refractivity contribution in [2.75, 3.05) is 44.2 Å². The fraction of sp³-hybridized carbons (Fsp3) is 0.538. The maximum atomic E-state index is 5.60. The van der Waals surface area contributed by atoms with E-state index in [0.717, 1.165) is 32.7 Å². The molecule has 0 bridgehead atoms. The lowest BCUT2D eigenvalue weighted by Crippen LogP contribution is -2.33. The third kappa shape index (κ3) is 4.19. The van der Waals surface area contributed by atoms with Crippen LogP contribution in [-0.2, 0) is 0 Å². The minimum atomic E-state index is 0. The number of para-hydroxylation sites is 1. The summed E-state index contributed by atoms with van der Waals surface area (Å²) in [6.45, 7) is 6.38. The second-order valence-corrected chi connectivity index (χ2v) is 4.31. The Hall–Kier alpha value is -0.770. The molecule has 96 valence electrons. The average molecular weight is 256 g/mol. The van der Waals surface area contributed by atoms with Crippen LogP contribution in [0.3, 0.4) is 0 Å². The highest BCUT2D eigenvalue weighted by molar-refractivity contribution is 5.85. The van der Waals surface area contributed by atoms with Gasteiger partial charge in [-0.25, -0.2) is 0 Å². The van der Waals surface area contributed by atoms with Gasteiger partial charge in [0, 0.05) is 38.4 Å². The number of nitrogens with zero attached hydrogens (tertiary/aromatic N) is 2. The highest BCUT2D eigenvalue weighted by Gasteiger charge is 2.13. The first kappa shape index (κ1) is 14.3. The number of hydrogen-bond donors (Lipinski definition) is 1. The topological polar surface area (TPSA) is 32.5 Å². The van der Waals surface area contributed by atoms with Crippen molar-refractivity contribution in [1.29, 1.82) is 0 Å². The standard InChI is InChI=1S/C13H21N3.ClH/c14-7-10-15-8-4-9-16(12-11-15)13-5-2-1-3-6-13;/h1-3,5-6H,4,7-12,14H2;1H. The zero-order valence-electron chi connectivity index (χ0n) is 10.2. The lowest BCUT2D eigenvalue weighted by Gasteiger charge is -2.23. The van der Waals surface area contributed by atoms with Crippen molar-refractivity contribution in [2.45, 2.75) is 6.42 Å². The Balaban J connectivity index is 0.00000144. The van der Waals surface area contributed by atoms with Crippen LogP contribution in [0.2, 0.25) is 0 Å². The maximum absolute atomic E-state index is 5.60. The molecule has 1 saturated heterocycles. The van der Waals surface area contributed by atoms with Crippen LogP contribution in [-0.4, -0.2) is 44.2 Å². The van der Waals surface area contributed by atoms with E-state index in [-0.39, 0.29) is 12.4 Å². The van der Waals surface area contributed by atoms with Crippen LogP contribution in [0, 0.1) is 0 Å². The van der Waals surface area contributed by atoms with Gasteiger partial charge in [0.15, 0.2) is 0 Å². The molecule has 2 N–H and O–H groups in total. The van der Waals surface area contributed by atoms with Crippen LogP contribution in [0.15, 0.2) is 30.3 Å². The van der Waals surface area contributed by atoms with Crippen LogP contribution in [0.1, 0.15) is 6.42 Å². The van der Waals surface area contributed by atoms with Gasteiger partial charge in [-0.3, -0.25) is 0 Å². The molecule has 0 unspecified atom stereocenters. The summed E-state index contributed by atoms with van der Waals surface area (Å²) in [5.74, 6) is 0. The fourth-order valence-electron chi connectivity index (χ4n) is 2.27. The molecule has 0 saturated carbocycles. The molecule has 0 aliphatic carbocycles. The Labute approximate surface area is 110 Å². The highest BCUT2D eigenvalue weighted by Crippen LogP contribution is 2.15. The van der Waals surface area contributed by atoms with E-state index in [2.05, 4.69) is 40.1 Å². The SMILES string of the molecule is Cl.NCCN1CCCN(c2ccccc2)CC1. The zero-order chi connectivity index (χ0) is 11.2. The number of nitrogens with two attached hydrogens (primary N) is 1. The number of hydrogen-bond acceptors (Lipinski definition) is 3. The Bertz CT molecular complexity index is 305. The van der Waals surface area contributed by atoms with Gasteiger partial charge in [0.05, 0.1) is 0 Å². The number of halogens is 1. The molecule has 1 heterocycles. The smallest absolute Gasteiger partial charge is 0.0366 e. The Kier molecular flexibility index (Phi) is 6.34. The zero-order valence-corrected chi connectivity index (χ0v) is 11.0. The van der Waals surface area contributed by atoms with Crippen LogP contribution >= 0.6 is 12.4 Å². The summed E-state index contributed by atoms with van der Waals surface area (Å²) in [6, 6.07) is 10.7. The molecule has 17 heavy (non-hydrogen) atoms. The molecule has 3 nitrogen and oxygen atoms in total. The summed E-state index contributed by atoms with van der Waals surface area (Å²) in [6.07, 6.45) is 1.23. The monoisotopic (exact) mass is 255 g/mol. The van der Waals surface area contributed by atoms with Crippen molar-refractivity contribution in [3.05, 3.63) is 30.3 Å². The summed E-state index contributed by atoms with van der Waals surface area (Å²) < 4.78 is 0. The number of rotatable bonds is 3. The van der Waals surface area contributed by atoms with Gasteiger partial charge in [0.25, 0.3) is 0 Å². The van der Waals surface area contributed by atoms with Crippen molar-refractivity contribution < 1.29 is 0 Å². The molecule has 4 heteroatoms. The average Bonchev–Trinajstić information content (AvgIpc) is 2.57. The predicted octanol–water partition coefficient (Wildman–Crippen LogP) is 1.58. The lowest BCUT2D eigenvalue weighted by molar-refractivity contribution is 0.302. The Morgan fingerprint density at radius 2 is 1.76 bits per heavy atom. The number of anilines is 1. The van der Waals surface area contributed by atoms with Gasteiger partial charge < -0.3 is 15.5 Å². The first-order valence-corrected chi connectivity index (χ1v) is 6.12. The predicted molar refractivity (Wildman–Crippen MR) is 76.0 cm³/mol. The van der Waals surface area contributed by atoms with Gasteiger partial charge in [-0.2, -0.15) is 0 Å². The summed E-state index contributed by atoms with van der Waals surface area (Å²) >= 11 is 0. The molecule has 0 spiro atoms. The van der Waals surface area contributed by atoms with Crippen molar-refractivity contribution in [1.82, 2.24) is 4.90 Å². The molecular weight excluding hydrogens is 234 g/mol. The molecule has 0 aromatic heterocycles. The molecule has 0 atom stereocenters. The Morgan fingerprint density at radius 1 is 1.00 bits per heavy atom. The van der Waals surface area contributed by atoms with E-state index in [1.807, 2.05) is 0 Å². The molecule has 1 aromatic rings. The van der Waals surface area contributed by atoms with E-state index in [1.54, 1.807) is 0 Å². The van der Waals surface area contributed by atoms with Crippen molar-refractivity contribution in [3.63, 3.8) is 0 Å². The van der Waals surface area contributed by atoms with Gasteiger partial charge in [0.2, 0.25) is 0 Å². The van der Waals surface area contributed by atoms with E-state index in [1.165, 1.54) is 18.7 Å². The van der Waals surface area contributed by atoms with Gasteiger partial charge in [-0.15, -0.1) is 12.4 Å². The largest absolute Gasteiger partial charge is 0.370 e. The quantitative estimate of drug-likeness (QED) is 0.890. The first-order chi connectivity index (χ1) is 7.90. The molecule has 1 aliphatic rings. The molecule has 1 aliphatic heterocycles. The van der Waals surface area contributed by atoms with Crippen LogP contribution in [0.25, 0.3) is 0 Å². The van der Waals surface area contributed by atoms with Crippen molar-refractivity contribution in [3.8, 4) is 0 Å². The first-order valence-electron chi connectivity index (χ1n) is 6.12. The van der Waals surface area contributed by atoms with Crippen molar-refractivity contribution >= 4 is 18.1 Å². The normalized spacial score (nSPS) is 17.4. The third-order valence-electron chi connectivity index (χ3n) is 3.16. The van der Waals surface area contributed by atoms with E-state index in [4.69, 9.17) is 5.73 Å². The van der Waals surface area contributed by atoms with Gasteiger partial charge >= 0.3 is 0 Å². The van der Waals surface area contributed by atoms with E-state index in [9.17, 15) is 0 Å². The second kappa shape index (κ2) is 7.54. The van der Waals surface area contributed by atoms with Gasteiger partial charge in [-0.05, 0) is 25.1 Å². The molecule has 0 amide bonds. The fourth-order valence-corrected chi connectivity index (χ4v) is 2.27.